The van der Waals surface area contributed by atoms with Gasteiger partial charge in [-0.2, -0.15) is 0 Å². The van der Waals surface area contributed by atoms with E-state index >= 15 is 0 Å². The third-order valence-electron chi connectivity index (χ3n) is 5.33. The highest BCUT2D eigenvalue weighted by atomic mass is 127. The maximum atomic E-state index is 5.98. The monoisotopic (exact) mass is 517 g/mol. The Hall–Kier alpha value is -1.26. The van der Waals surface area contributed by atoms with Crippen LogP contribution in [0.15, 0.2) is 23.2 Å². The maximum absolute atomic E-state index is 5.98. The van der Waals surface area contributed by atoms with Crippen LogP contribution in [-0.2, 0) is 16.0 Å². The summed E-state index contributed by atoms with van der Waals surface area (Å²) in [6, 6.07) is 6.10. The lowest BCUT2D eigenvalue weighted by Gasteiger charge is -2.37. The van der Waals surface area contributed by atoms with E-state index in [9.17, 15) is 0 Å². The zero-order valence-corrected chi connectivity index (χ0v) is 19.4. The number of halogens is 1. The van der Waals surface area contributed by atoms with E-state index in [-0.39, 0.29) is 36.2 Å². The van der Waals surface area contributed by atoms with Gasteiger partial charge in [-0.3, -0.25) is 0 Å². The molecule has 2 atom stereocenters. The molecule has 0 amide bonds. The third kappa shape index (κ3) is 5.88. The Morgan fingerprint density at radius 3 is 2.69 bits per heavy atom. The lowest BCUT2D eigenvalue weighted by Crippen LogP contribution is -2.53. The number of nitrogens with one attached hydrogen (secondary N) is 1. The Morgan fingerprint density at radius 2 is 1.90 bits per heavy atom. The van der Waals surface area contributed by atoms with Gasteiger partial charge in [-0.15, -0.1) is 24.0 Å². The minimum absolute atomic E-state index is 0. The smallest absolute Gasteiger partial charge is 0.194 e. The van der Waals surface area contributed by atoms with Crippen molar-refractivity contribution in [1.82, 2.24) is 10.2 Å². The molecule has 29 heavy (non-hydrogen) atoms. The molecule has 4 rings (SSSR count). The lowest BCUT2D eigenvalue weighted by molar-refractivity contribution is -0.0817. The highest BCUT2D eigenvalue weighted by molar-refractivity contribution is 14.0. The fourth-order valence-corrected chi connectivity index (χ4v) is 3.89. The van der Waals surface area contributed by atoms with Crippen molar-refractivity contribution in [2.45, 2.75) is 44.9 Å². The summed E-state index contributed by atoms with van der Waals surface area (Å²) in [6.07, 6.45) is 3.47. The first-order chi connectivity index (χ1) is 13.8. The molecule has 8 heteroatoms. The van der Waals surface area contributed by atoms with Crippen molar-refractivity contribution in [3.63, 3.8) is 0 Å². The predicted octanol–water partition coefficient (Wildman–Crippen LogP) is 2.81. The highest BCUT2D eigenvalue weighted by Gasteiger charge is 2.32. The minimum atomic E-state index is 0. The van der Waals surface area contributed by atoms with E-state index in [1.54, 1.807) is 0 Å². The van der Waals surface area contributed by atoms with Crippen molar-refractivity contribution in [3.05, 3.63) is 23.8 Å². The average molecular weight is 517 g/mol. The van der Waals surface area contributed by atoms with Gasteiger partial charge in [0.05, 0.1) is 32.5 Å². The summed E-state index contributed by atoms with van der Waals surface area (Å²) in [4.78, 5) is 7.17. The number of fused-ring (bicyclic) bond motifs is 1. The summed E-state index contributed by atoms with van der Waals surface area (Å²) < 4.78 is 23.3. The molecule has 162 valence electrons. The van der Waals surface area contributed by atoms with Gasteiger partial charge in [0.1, 0.15) is 6.10 Å². The predicted molar refractivity (Wildman–Crippen MR) is 123 cm³/mol. The second kappa shape index (κ2) is 11.2. The molecule has 0 saturated carbocycles. The van der Waals surface area contributed by atoms with E-state index in [2.05, 4.69) is 23.2 Å². The van der Waals surface area contributed by atoms with Crippen LogP contribution in [0.5, 0.6) is 11.5 Å². The molecule has 3 aliphatic rings. The van der Waals surface area contributed by atoms with Crippen LogP contribution in [-0.4, -0.2) is 69.1 Å². The first-order valence-corrected chi connectivity index (χ1v) is 10.5. The van der Waals surface area contributed by atoms with Crippen molar-refractivity contribution in [2.75, 3.05) is 46.1 Å². The fraction of sp³-hybridized carbons (Fsp3) is 0.667. The molecule has 1 N–H and O–H groups in total. The first-order valence-electron chi connectivity index (χ1n) is 10.5. The molecule has 0 radical (unpaired) electrons. The highest BCUT2D eigenvalue weighted by Crippen LogP contribution is 2.30. The molecule has 1 aromatic rings. The summed E-state index contributed by atoms with van der Waals surface area (Å²) >= 11 is 0. The van der Waals surface area contributed by atoms with Crippen LogP contribution in [0.3, 0.4) is 0 Å². The average Bonchev–Trinajstić information content (AvgIpc) is 3.17. The summed E-state index contributed by atoms with van der Waals surface area (Å²) in [6.45, 7) is 8.15. The largest absolute Gasteiger partial charge is 0.490 e. The number of benzene rings is 1. The second-order valence-corrected chi connectivity index (χ2v) is 7.41. The van der Waals surface area contributed by atoms with Gasteiger partial charge in [0.2, 0.25) is 0 Å². The third-order valence-corrected chi connectivity index (χ3v) is 5.33. The number of guanidine groups is 1. The van der Waals surface area contributed by atoms with Crippen molar-refractivity contribution in [3.8, 4) is 11.5 Å². The fourth-order valence-electron chi connectivity index (χ4n) is 3.89. The Labute approximate surface area is 190 Å². The van der Waals surface area contributed by atoms with E-state index in [0.717, 1.165) is 68.5 Å². The van der Waals surface area contributed by atoms with Gasteiger partial charge >= 0.3 is 0 Å². The van der Waals surface area contributed by atoms with Crippen molar-refractivity contribution >= 4 is 29.9 Å². The molecule has 0 bridgehead atoms. The number of hydrogen-bond acceptors (Lipinski definition) is 5. The lowest BCUT2D eigenvalue weighted by atomic mass is 10.1. The summed E-state index contributed by atoms with van der Waals surface area (Å²) in [5.74, 6) is 2.57. The van der Waals surface area contributed by atoms with Crippen LogP contribution >= 0.6 is 24.0 Å². The van der Waals surface area contributed by atoms with E-state index in [4.69, 9.17) is 23.9 Å². The molecule has 3 aliphatic heterocycles. The van der Waals surface area contributed by atoms with Crippen LogP contribution in [0.25, 0.3) is 0 Å². The normalized spacial score (nSPS) is 24.6. The van der Waals surface area contributed by atoms with Crippen LogP contribution in [0.4, 0.5) is 0 Å². The molecule has 2 unspecified atom stereocenters. The zero-order chi connectivity index (χ0) is 19.2. The molecule has 0 aromatic heterocycles. The molecule has 0 aliphatic carbocycles. The number of hydrogen-bond donors (Lipinski definition) is 1. The van der Waals surface area contributed by atoms with Gasteiger partial charge in [0.15, 0.2) is 17.5 Å². The van der Waals surface area contributed by atoms with E-state index in [1.165, 1.54) is 0 Å². The van der Waals surface area contributed by atoms with Crippen molar-refractivity contribution in [2.24, 2.45) is 4.99 Å². The number of nitrogens with zero attached hydrogens (tertiary/aromatic N) is 2. The van der Waals surface area contributed by atoms with Gasteiger partial charge in [-0.05, 0) is 37.5 Å². The topological polar surface area (TPSA) is 64.6 Å². The zero-order valence-electron chi connectivity index (χ0n) is 17.1. The Kier molecular flexibility index (Phi) is 8.68. The molecule has 2 fully saturated rings. The van der Waals surface area contributed by atoms with Crippen LogP contribution < -0.4 is 14.8 Å². The summed E-state index contributed by atoms with van der Waals surface area (Å²) in [5, 5.41) is 3.43. The first kappa shape index (κ1) is 22.4. The standard InChI is InChI=1S/C21H31N3O4.HI/c1-2-22-21(24-8-12-28-20(15-24)17-5-3-9-25-17)23-14-16-6-7-18-19(13-16)27-11-4-10-26-18;/h6-7,13,17,20H,2-5,8-12,14-15H2,1H3,(H,22,23);1H. The molecule has 7 nitrogen and oxygen atoms in total. The Bertz CT molecular complexity index is 682. The molecule has 3 heterocycles. The summed E-state index contributed by atoms with van der Waals surface area (Å²) in [7, 11) is 0. The van der Waals surface area contributed by atoms with Gasteiger partial charge in [-0.1, -0.05) is 6.07 Å². The molecular weight excluding hydrogens is 485 g/mol. The molecular formula is C21H32IN3O4. The van der Waals surface area contributed by atoms with Gasteiger partial charge in [-0.25, -0.2) is 4.99 Å². The van der Waals surface area contributed by atoms with Gasteiger partial charge in [0, 0.05) is 32.7 Å². The summed E-state index contributed by atoms with van der Waals surface area (Å²) in [5.41, 5.74) is 1.11. The second-order valence-electron chi connectivity index (χ2n) is 7.41. The molecule has 2 saturated heterocycles. The van der Waals surface area contributed by atoms with Crippen molar-refractivity contribution in [1.29, 1.82) is 0 Å². The van der Waals surface area contributed by atoms with E-state index in [1.807, 2.05) is 12.1 Å². The molecule has 1 aromatic carbocycles. The van der Waals surface area contributed by atoms with Crippen LogP contribution in [0, 0.1) is 0 Å². The van der Waals surface area contributed by atoms with Crippen LogP contribution in [0.2, 0.25) is 0 Å². The number of aliphatic imine (C=N–C) groups is 1. The number of ether oxygens (including phenoxy) is 4. The minimum Gasteiger partial charge on any atom is -0.490 e. The Morgan fingerprint density at radius 1 is 1.07 bits per heavy atom. The Balaban J connectivity index is 0.00000240. The SMILES string of the molecule is CCNC(=NCc1ccc2c(c1)OCCCO2)N1CCOC(C2CCCO2)C1.I. The van der Waals surface area contributed by atoms with Crippen LogP contribution in [0.1, 0.15) is 31.7 Å². The van der Waals surface area contributed by atoms with E-state index in [0.29, 0.717) is 26.4 Å². The van der Waals surface area contributed by atoms with Gasteiger partial charge in [0.25, 0.3) is 0 Å². The van der Waals surface area contributed by atoms with Crippen molar-refractivity contribution < 1.29 is 18.9 Å². The maximum Gasteiger partial charge on any atom is 0.194 e. The quantitative estimate of drug-likeness (QED) is 0.377. The van der Waals surface area contributed by atoms with E-state index < -0.39 is 0 Å². The number of rotatable bonds is 4. The molecule has 0 spiro atoms. The number of morpholine rings is 1. The van der Waals surface area contributed by atoms with Gasteiger partial charge < -0.3 is 29.2 Å².